The molecule has 0 aliphatic heterocycles. The third kappa shape index (κ3) is 5.87. The van der Waals surface area contributed by atoms with Crippen LogP contribution in [0.25, 0.3) is 0 Å². The number of nitrogens with zero attached hydrogens (tertiary/aromatic N) is 2. The monoisotopic (exact) mass is 343 g/mol. The Morgan fingerprint density at radius 2 is 2.05 bits per heavy atom. The van der Waals surface area contributed by atoms with Gasteiger partial charge in [0.15, 0.2) is 5.82 Å². The fraction of sp³-hybridized carbons (Fsp3) is 0.467. The average molecular weight is 344 g/mol. The molecule has 0 radical (unpaired) electrons. The lowest BCUT2D eigenvalue weighted by Gasteiger charge is -2.04. The van der Waals surface area contributed by atoms with E-state index in [4.69, 9.17) is 9.26 Å². The third-order valence-corrected chi connectivity index (χ3v) is 4.15. The van der Waals surface area contributed by atoms with Crippen molar-refractivity contribution in [3.05, 3.63) is 36.0 Å². The summed E-state index contributed by atoms with van der Waals surface area (Å²) in [4.78, 5) is 5.61. The average Bonchev–Trinajstić information content (AvgIpc) is 2.95. The highest BCUT2D eigenvalue weighted by atomic mass is 35.5. The summed E-state index contributed by atoms with van der Waals surface area (Å²) in [5.41, 5.74) is 0. The lowest BCUT2D eigenvalue weighted by Crippen LogP contribution is -2.24. The molecule has 1 aromatic heterocycles. The smallest absolute Gasteiger partial charge is 0.227 e. The molecule has 1 N–H and O–H groups in total. The van der Waals surface area contributed by atoms with E-state index in [0.29, 0.717) is 11.9 Å². The van der Waals surface area contributed by atoms with E-state index in [1.807, 2.05) is 19.2 Å². The van der Waals surface area contributed by atoms with E-state index in [0.717, 1.165) is 30.2 Å². The summed E-state index contributed by atoms with van der Waals surface area (Å²) in [7, 11) is 3.60. The highest BCUT2D eigenvalue weighted by Gasteiger charge is 2.09. The van der Waals surface area contributed by atoms with Crippen molar-refractivity contribution >= 4 is 24.2 Å². The number of rotatable bonds is 8. The number of aromatic nitrogens is 2. The Morgan fingerprint density at radius 1 is 1.32 bits per heavy atom. The van der Waals surface area contributed by atoms with Gasteiger partial charge in [-0.05, 0) is 38.2 Å². The lowest BCUT2D eigenvalue weighted by molar-refractivity contribution is 0.375. The van der Waals surface area contributed by atoms with Crippen LogP contribution in [-0.4, -0.2) is 36.1 Å². The zero-order chi connectivity index (χ0) is 15.1. The maximum absolute atomic E-state index is 5.26. The van der Waals surface area contributed by atoms with Gasteiger partial charge in [-0.1, -0.05) is 5.16 Å². The van der Waals surface area contributed by atoms with E-state index >= 15 is 0 Å². The highest BCUT2D eigenvalue weighted by Crippen LogP contribution is 2.21. The third-order valence-electron chi connectivity index (χ3n) is 3.14. The molecule has 1 aromatic carbocycles. The van der Waals surface area contributed by atoms with Crippen LogP contribution >= 0.6 is 24.2 Å². The highest BCUT2D eigenvalue weighted by molar-refractivity contribution is 7.99. The molecule has 0 saturated heterocycles. The van der Waals surface area contributed by atoms with E-state index < -0.39 is 0 Å². The van der Waals surface area contributed by atoms with Gasteiger partial charge in [-0.2, -0.15) is 4.98 Å². The second-order valence-corrected chi connectivity index (χ2v) is 5.94. The standard InChI is InChI=1S/C15H21N3O2S.ClH/c1-11(16-2)10-14-17-15(20-18-14)8-9-21-13-6-4-12(19-3)5-7-13;/h4-7,11,16H,8-10H2,1-3H3;1H. The topological polar surface area (TPSA) is 60.2 Å². The molecular formula is C15H22ClN3O2S. The van der Waals surface area contributed by atoms with Crippen molar-refractivity contribution in [2.75, 3.05) is 19.9 Å². The molecule has 0 amide bonds. The normalized spacial score (nSPS) is 11.8. The fourth-order valence-electron chi connectivity index (χ4n) is 1.78. The Hall–Kier alpha value is -1.24. The van der Waals surface area contributed by atoms with Gasteiger partial charge in [-0.15, -0.1) is 24.2 Å². The van der Waals surface area contributed by atoms with Crippen molar-refractivity contribution in [2.45, 2.75) is 30.7 Å². The zero-order valence-corrected chi connectivity index (χ0v) is 14.7. The Balaban J connectivity index is 0.00000242. The van der Waals surface area contributed by atoms with Crippen molar-refractivity contribution in [3.63, 3.8) is 0 Å². The molecule has 0 fully saturated rings. The number of nitrogens with one attached hydrogen (secondary N) is 1. The Bertz CT molecular complexity index is 548. The van der Waals surface area contributed by atoms with Gasteiger partial charge < -0.3 is 14.6 Å². The van der Waals surface area contributed by atoms with Crippen molar-refractivity contribution in [1.29, 1.82) is 0 Å². The first-order valence-corrected chi connectivity index (χ1v) is 7.95. The molecule has 0 aliphatic carbocycles. The molecule has 122 valence electrons. The Morgan fingerprint density at radius 3 is 2.68 bits per heavy atom. The van der Waals surface area contributed by atoms with Crippen molar-refractivity contribution in [1.82, 2.24) is 15.5 Å². The second kappa shape index (κ2) is 9.71. The summed E-state index contributed by atoms with van der Waals surface area (Å²) in [6, 6.07) is 8.39. The molecule has 0 saturated carbocycles. The van der Waals surface area contributed by atoms with E-state index in [2.05, 4.69) is 34.5 Å². The predicted molar refractivity (Wildman–Crippen MR) is 91.2 cm³/mol. The molecule has 0 aliphatic rings. The summed E-state index contributed by atoms with van der Waals surface area (Å²) in [5, 5.41) is 7.16. The second-order valence-electron chi connectivity index (χ2n) is 4.77. The van der Waals surface area contributed by atoms with E-state index in [1.165, 1.54) is 4.90 Å². The van der Waals surface area contributed by atoms with Crippen LogP contribution in [-0.2, 0) is 12.8 Å². The van der Waals surface area contributed by atoms with E-state index in [-0.39, 0.29) is 12.4 Å². The molecule has 22 heavy (non-hydrogen) atoms. The Labute approximate surface area is 141 Å². The minimum absolute atomic E-state index is 0. The first-order valence-electron chi connectivity index (χ1n) is 6.97. The van der Waals surface area contributed by atoms with Crippen molar-refractivity contribution < 1.29 is 9.26 Å². The molecule has 1 atom stereocenters. The van der Waals surface area contributed by atoms with Gasteiger partial charge in [-0.3, -0.25) is 0 Å². The molecule has 7 heteroatoms. The summed E-state index contributed by atoms with van der Waals surface area (Å²) < 4.78 is 10.4. The SMILES string of the molecule is CNC(C)Cc1noc(CCSc2ccc(OC)cc2)n1.Cl. The number of thioether (sulfide) groups is 1. The molecule has 0 bridgehead atoms. The largest absolute Gasteiger partial charge is 0.497 e. The van der Waals surface area contributed by atoms with Crippen LogP contribution in [0, 0.1) is 0 Å². The van der Waals surface area contributed by atoms with Crippen LogP contribution < -0.4 is 10.1 Å². The number of benzene rings is 1. The zero-order valence-electron chi connectivity index (χ0n) is 13.0. The fourth-order valence-corrected chi connectivity index (χ4v) is 2.62. The summed E-state index contributed by atoms with van der Waals surface area (Å²) >= 11 is 1.77. The van der Waals surface area contributed by atoms with Crippen molar-refractivity contribution in [2.24, 2.45) is 0 Å². The maximum atomic E-state index is 5.26. The molecule has 0 spiro atoms. The van der Waals surface area contributed by atoms with Crippen LogP contribution in [0.1, 0.15) is 18.6 Å². The minimum Gasteiger partial charge on any atom is -0.497 e. The number of halogens is 1. The van der Waals surface area contributed by atoms with Gasteiger partial charge >= 0.3 is 0 Å². The number of ether oxygens (including phenoxy) is 1. The molecule has 1 unspecified atom stereocenters. The van der Waals surface area contributed by atoms with Crippen molar-refractivity contribution in [3.8, 4) is 5.75 Å². The number of hydrogen-bond donors (Lipinski definition) is 1. The number of methoxy groups -OCH3 is 1. The van der Waals surface area contributed by atoms with Crippen LogP contribution in [0.5, 0.6) is 5.75 Å². The predicted octanol–water partition coefficient (Wildman–Crippen LogP) is 2.99. The summed E-state index contributed by atoms with van der Waals surface area (Å²) in [6.45, 7) is 2.09. The van der Waals surface area contributed by atoms with Crippen LogP contribution in [0.2, 0.25) is 0 Å². The Kier molecular flexibility index (Phi) is 8.30. The molecular weight excluding hydrogens is 322 g/mol. The summed E-state index contributed by atoms with van der Waals surface area (Å²) in [5.74, 6) is 3.25. The molecule has 2 aromatic rings. The molecule has 1 heterocycles. The van der Waals surface area contributed by atoms with Crippen LogP contribution in [0.15, 0.2) is 33.7 Å². The molecule has 2 rings (SSSR count). The maximum Gasteiger partial charge on any atom is 0.227 e. The van der Waals surface area contributed by atoms with Crippen LogP contribution in [0.4, 0.5) is 0 Å². The van der Waals surface area contributed by atoms with Crippen LogP contribution in [0.3, 0.4) is 0 Å². The quantitative estimate of drug-likeness (QED) is 0.743. The van der Waals surface area contributed by atoms with Gasteiger partial charge in [0.1, 0.15) is 5.75 Å². The van der Waals surface area contributed by atoms with Gasteiger partial charge in [0.2, 0.25) is 5.89 Å². The number of aryl methyl sites for hydroxylation is 1. The minimum atomic E-state index is 0. The lowest BCUT2D eigenvalue weighted by atomic mass is 10.2. The first kappa shape index (κ1) is 18.8. The summed E-state index contributed by atoms with van der Waals surface area (Å²) in [6.07, 6.45) is 1.56. The van der Waals surface area contributed by atoms with E-state index in [1.54, 1.807) is 18.9 Å². The van der Waals surface area contributed by atoms with Gasteiger partial charge in [0.25, 0.3) is 0 Å². The first-order chi connectivity index (χ1) is 10.2. The van der Waals surface area contributed by atoms with Gasteiger partial charge in [0, 0.05) is 29.5 Å². The van der Waals surface area contributed by atoms with E-state index in [9.17, 15) is 0 Å². The van der Waals surface area contributed by atoms with Gasteiger partial charge in [0.05, 0.1) is 7.11 Å². The number of hydrogen-bond acceptors (Lipinski definition) is 6. The molecule has 5 nitrogen and oxygen atoms in total. The van der Waals surface area contributed by atoms with Gasteiger partial charge in [-0.25, -0.2) is 0 Å². The number of likely N-dealkylation sites (N-methyl/N-ethyl adjacent to an activating group) is 1.